The highest BCUT2D eigenvalue weighted by Gasteiger charge is 2.16. The molecule has 0 spiro atoms. The van der Waals surface area contributed by atoms with Crippen LogP contribution in [-0.4, -0.2) is 22.2 Å². The minimum atomic E-state index is -1.27. The lowest BCUT2D eigenvalue weighted by Gasteiger charge is -2.08. The molecule has 0 bridgehead atoms. The minimum Gasteiger partial charge on any atom is -0.478 e. The summed E-state index contributed by atoms with van der Waals surface area (Å²) in [6, 6.07) is 3.73. The molecular weight excluding hydrogens is 198 g/mol. The van der Waals surface area contributed by atoms with Crippen molar-refractivity contribution in [3.8, 4) is 0 Å². The van der Waals surface area contributed by atoms with Crippen LogP contribution < -0.4 is 5.73 Å². The van der Waals surface area contributed by atoms with Crippen molar-refractivity contribution < 1.29 is 19.8 Å². The first kappa shape index (κ1) is 11.2. The number of carbonyl (C=O) groups is 2. The predicted octanol–water partition coefficient (Wildman–Crippen LogP) is 1.10. The second kappa shape index (κ2) is 4.10. The van der Waals surface area contributed by atoms with Gasteiger partial charge in [-0.2, -0.15) is 0 Å². The number of rotatable bonds is 3. The van der Waals surface area contributed by atoms with Crippen molar-refractivity contribution in [2.24, 2.45) is 5.73 Å². The van der Waals surface area contributed by atoms with Crippen LogP contribution in [0.5, 0.6) is 0 Å². The number of carboxylic acid groups (broad SMARTS) is 2. The Morgan fingerprint density at radius 1 is 1.20 bits per heavy atom. The third-order valence-corrected chi connectivity index (χ3v) is 2.03. The summed E-state index contributed by atoms with van der Waals surface area (Å²) in [7, 11) is 0. The quantitative estimate of drug-likeness (QED) is 0.692. The zero-order valence-corrected chi connectivity index (χ0v) is 8.10. The maximum absolute atomic E-state index is 10.8. The number of benzene rings is 1. The van der Waals surface area contributed by atoms with Gasteiger partial charge < -0.3 is 15.9 Å². The molecule has 0 heterocycles. The second-order valence-electron chi connectivity index (χ2n) is 3.20. The molecule has 1 aromatic rings. The second-order valence-corrected chi connectivity index (χ2v) is 3.20. The summed E-state index contributed by atoms with van der Waals surface area (Å²) in [6.07, 6.45) is 0. The summed E-state index contributed by atoms with van der Waals surface area (Å²) in [4.78, 5) is 21.5. The molecule has 4 N–H and O–H groups in total. The first-order valence-electron chi connectivity index (χ1n) is 4.29. The van der Waals surface area contributed by atoms with Crippen molar-refractivity contribution in [1.29, 1.82) is 0 Å². The monoisotopic (exact) mass is 209 g/mol. The van der Waals surface area contributed by atoms with Gasteiger partial charge in [-0.3, -0.25) is 0 Å². The third-order valence-electron chi connectivity index (χ3n) is 2.03. The van der Waals surface area contributed by atoms with Gasteiger partial charge in [-0.05, 0) is 24.6 Å². The van der Waals surface area contributed by atoms with E-state index < -0.39 is 11.9 Å². The zero-order valence-electron chi connectivity index (χ0n) is 8.10. The lowest BCUT2D eigenvalue weighted by molar-refractivity contribution is 0.0651. The first-order valence-corrected chi connectivity index (χ1v) is 4.29. The van der Waals surface area contributed by atoms with Gasteiger partial charge in [-0.1, -0.05) is 6.07 Å². The Labute approximate surface area is 86.1 Å². The average Bonchev–Trinajstić information content (AvgIpc) is 2.16. The van der Waals surface area contributed by atoms with Gasteiger partial charge >= 0.3 is 11.9 Å². The Morgan fingerprint density at radius 2 is 1.73 bits per heavy atom. The summed E-state index contributed by atoms with van der Waals surface area (Å²) in [6.45, 7) is 1.70. The van der Waals surface area contributed by atoms with Crippen molar-refractivity contribution in [2.45, 2.75) is 13.0 Å². The summed E-state index contributed by atoms with van der Waals surface area (Å²) < 4.78 is 0. The molecule has 5 nitrogen and oxygen atoms in total. The number of hydrogen-bond donors (Lipinski definition) is 3. The molecule has 1 atom stereocenters. The Kier molecular flexibility index (Phi) is 3.06. The van der Waals surface area contributed by atoms with E-state index in [0.29, 0.717) is 5.56 Å². The van der Waals surface area contributed by atoms with E-state index in [1.54, 1.807) is 6.92 Å². The van der Waals surface area contributed by atoms with Gasteiger partial charge in [0.1, 0.15) is 0 Å². The maximum atomic E-state index is 10.8. The van der Waals surface area contributed by atoms with E-state index in [-0.39, 0.29) is 17.2 Å². The molecular formula is C10H11NO4. The van der Waals surface area contributed by atoms with Crippen molar-refractivity contribution in [2.75, 3.05) is 0 Å². The van der Waals surface area contributed by atoms with Gasteiger partial charge in [0.15, 0.2) is 0 Å². The fourth-order valence-corrected chi connectivity index (χ4v) is 1.21. The van der Waals surface area contributed by atoms with Crippen molar-refractivity contribution in [3.63, 3.8) is 0 Å². The van der Waals surface area contributed by atoms with Crippen LogP contribution >= 0.6 is 0 Å². The number of hydrogen-bond acceptors (Lipinski definition) is 3. The Hall–Kier alpha value is -1.88. The Bertz CT molecular complexity index is 412. The SMILES string of the molecule is CC(N)c1ccc(C(=O)O)c(C(=O)O)c1. The Balaban J connectivity index is 3.33. The molecule has 0 saturated heterocycles. The normalized spacial score (nSPS) is 12.1. The highest BCUT2D eigenvalue weighted by molar-refractivity contribution is 6.01. The summed E-state index contributed by atoms with van der Waals surface area (Å²) in [5.41, 5.74) is 5.70. The van der Waals surface area contributed by atoms with Crippen molar-refractivity contribution in [1.82, 2.24) is 0 Å². The van der Waals surface area contributed by atoms with E-state index >= 15 is 0 Å². The molecule has 0 amide bonds. The highest BCUT2D eigenvalue weighted by atomic mass is 16.4. The molecule has 80 valence electrons. The van der Waals surface area contributed by atoms with E-state index in [9.17, 15) is 9.59 Å². The number of aromatic carboxylic acids is 2. The van der Waals surface area contributed by atoms with E-state index in [1.807, 2.05) is 0 Å². The van der Waals surface area contributed by atoms with Crippen LogP contribution in [0.15, 0.2) is 18.2 Å². The first-order chi connectivity index (χ1) is 6.93. The molecule has 0 aliphatic rings. The van der Waals surface area contributed by atoms with Crippen LogP contribution in [0.4, 0.5) is 0 Å². The van der Waals surface area contributed by atoms with Crippen molar-refractivity contribution >= 4 is 11.9 Å². The van der Waals surface area contributed by atoms with E-state index in [1.165, 1.54) is 18.2 Å². The van der Waals surface area contributed by atoms with Crippen LogP contribution in [0, 0.1) is 0 Å². The minimum absolute atomic E-state index is 0.230. The summed E-state index contributed by atoms with van der Waals surface area (Å²) in [5.74, 6) is -2.53. The van der Waals surface area contributed by atoms with Gasteiger partial charge in [0.25, 0.3) is 0 Å². The van der Waals surface area contributed by atoms with Gasteiger partial charge in [-0.15, -0.1) is 0 Å². The standard InChI is InChI=1S/C10H11NO4/c1-5(11)6-2-3-7(9(12)13)8(4-6)10(14)15/h2-5H,11H2,1H3,(H,12,13)(H,14,15). The highest BCUT2D eigenvalue weighted by Crippen LogP contribution is 2.16. The molecule has 0 saturated carbocycles. The topological polar surface area (TPSA) is 101 Å². The lowest BCUT2D eigenvalue weighted by Crippen LogP contribution is -2.11. The maximum Gasteiger partial charge on any atom is 0.336 e. The molecule has 0 radical (unpaired) electrons. The molecule has 0 fully saturated rings. The fourth-order valence-electron chi connectivity index (χ4n) is 1.21. The summed E-state index contributed by atoms with van der Waals surface area (Å²) >= 11 is 0. The molecule has 0 aromatic heterocycles. The van der Waals surface area contributed by atoms with Crippen molar-refractivity contribution in [3.05, 3.63) is 34.9 Å². The van der Waals surface area contributed by atoms with Crippen LogP contribution in [0.3, 0.4) is 0 Å². The summed E-state index contributed by atoms with van der Waals surface area (Å²) in [5, 5.41) is 17.6. The van der Waals surface area contributed by atoms with Crippen LogP contribution in [0.1, 0.15) is 39.2 Å². The van der Waals surface area contributed by atoms with Gasteiger partial charge in [-0.25, -0.2) is 9.59 Å². The molecule has 1 unspecified atom stereocenters. The number of carboxylic acids is 2. The zero-order chi connectivity index (χ0) is 11.6. The predicted molar refractivity (Wildman–Crippen MR) is 53.0 cm³/mol. The van der Waals surface area contributed by atoms with Crippen LogP contribution in [0.25, 0.3) is 0 Å². The van der Waals surface area contributed by atoms with Gasteiger partial charge in [0.05, 0.1) is 11.1 Å². The lowest BCUT2D eigenvalue weighted by atomic mass is 10.0. The molecule has 0 aliphatic heterocycles. The van der Waals surface area contributed by atoms with E-state index in [0.717, 1.165) is 0 Å². The fraction of sp³-hybridized carbons (Fsp3) is 0.200. The van der Waals surface area contributed by atoms with Gasteiger partial charge in [0.2, 0.25) is 0 Å². The molecule has 1 rings (SSSR count). The van der Waals surface area contributed by atoms with Gasteiger partial charge in [0, 0.05) is 6.04 Å². The number of nitrogens with two attached hydrogens (primary N) is 1. The largest absolute Gasteiger partial charge is 0.478 e. The van der Waals surface area contributed by atoms with E-state index in [2.05, 4.69) is 0 Å². The average molecular weight is 209 g/mol. The Morgan fingerprint density at radius 3 is 2.13 bits per heavy atom. The molecule has 0 aliphatic carbocycles. The van der Waals surface area contributed by atoms with E-state index in [4.69, 9.17) is 15.9 Å². The molecule has 15 heavy (non-hydrogen) atoms. The third kappa shape index (κ3) is 2.32. The molecule has 1 aromatic carbocycles. The van der Waals surface area contributed by atoms with Crippen LogP contribution in [-0.2, 0) is 0 Å². The molecule has 5 heteroatoms. The smallest absolute Gasteiger partial charge is 0.336 e. The van der Waals surface area contributed by atoms with Crippen LogP contribution in [0.2, 0.25) is 0 Å².